The average molecular weight is 595 g/mol. The molecule has 1 fully saturated rings. The molecular formula is C32H42N4O7. The van der Waals surface area contributed by atoms with E-state index < -0.39 is 0 Å². The van der Waals surface area contributed by atoms with Gasteiger partial charge in [-0.2, -0.15) is 0 Å². The Morgan fingerprint density at radius 1 is 0.884 bits per heavy atom. The molecule has 0 aliphatic carbocycles. The number of hydrogen-bond donors (Lipinski definition) is 1. The largest absolute Gasteiger partial charge is 0.497 e. The molecule has 2 aromatic carbocycles. The first-order chi connectivity index (χ1) is 20.9. The Labute approximate surface area is 253 Å². The summed E-state index contributed by atoms with van der Waals surface area (Å²) in [5.74, 6) is 3.24. The summed E-state index contributed by atoms with van der Waals surface area (Å²) >= 11 is 0. The van der Waals surface area contributed by atoms with Gasteiger partial charge in [0.05, 0.1) is 41.1 Å². The smallest absolute Gasteiger partial charge is 0.322 e. The Hall–Kier alpha value is -4.22. The van der Waals surface area contributed by atoms with E-state index in [2.05, 4.69) is 10.2 Å². The van der Waals surface area contributed by atoms with Gasteiger partial charge in [0.15, 0.2) is 11.5 Å². The van der Waals surface area contributed by atoms with Crippen LogP contribution in [0.1, 0.15) is 17.1 Å². The van der Waals surface area contributed by atoms with Crippen molar-refractivity contribution >= 4 is 17.6 Å². The minimum atomic E-state index is -0.347. The van der Waals surface area contributed by atoms with Crippen LogP contribution in [0, 0.1) is 6.92 Å². The number of carbonyl (C=O) groups is 2. The monoisotopic (exact) mass is 594 g/mol. The van der Waals surface area contributed by atoms with E-state index in [0.29, 0.717) is 68.0 Å². The maximum Gasteiger partial charge on any atom is 0.322 e. The van der Waals surface area contributed by atoms with Gasteiger partial charge >= 0.3 is 6.03 Å². The quantitative estimate of drug-likeness (QED) is 0.298. The van der Waals surface area contributed by atoms with Crippen molar-refractivity contribution in [3.63, 3.8) is 0 Å². The fraction of sp³-hybridized carbons (Fsp3) is 0.438. The topological polar surface area (TPSA) is 106 Å². The third-order valence-corrected chi connectivity index (χ3v) is 7.36. The molecule has 1 aromatic heterocycles. The number of morpholine rings is 1. The van der Waals surface area contributed by atoms with Crippen molar-refractivity contribution in [1.29, 1.82) is 0 Å². The maximum atomic E-state index is 13.9. The van der Waals surface area contributed by atoms with Crippen molar-refractivity contribution in [3.8, 4) is 17.2 Å². The lowest BCUT2D eigenvalue weighted by atomic mass is 10.1. The van der Waals surface area contributed by atoms with Crippen LogP contribution < -0.4 is 19.5 Å². The fourth-order valence-corrected chi connectivity index (χ4v) is 4.83. The van der Waals surface area contributed by atoms with Gasteiger partial charge in [-0.05, 0) is 67.4 Å². The summed E-state index contributed by atoms with van der Waals surface area (Å²) in [6.07, 6.45) is 0.581. The molecule has 4 rings (SSSR count). The molecule has 1 aliphatic rings. The molecule has 232 valence electrons. The van der Waals surface area contributed by atoms with Gasteiger partial charge in [0.25, 0.3) is 0 Å². The van der Waals surface area contributed by atoms with E-state index in [9.17, 15) is 9.59 Å². The summed E-state index contributed by atoms with van der Waals surface area (Å²) in [5, 5.41) is 2.93. The molecule has 11 nitrogen and oxygen atoms in total. The number of hydrogen-bond acceptors (Lipinski definition) is 8. The van der Waals surface area contributed by atoms with E-state index in [1.807, 2.05) is 37.3 Å². The van der Waals surface area contributed by atoms with Crippen LogP contribution in [0.25, 0.3) is 0 Å². The standard InChI is InChI=1S/C32H42N4O7/c1-24-5-9-28(43-24)22-35(14-13-25-6-12-29(40-3)30(21-25)41-4)31(37)23-36(16-15-34-17-19-42-20-18-34)32(38)33-26-7-10-27(39-2)11-8-26/h5-12,21H,13-20,22-23H2,1-4H3,(H,33,38). The zero-order valence-electron chi connectivity index (χ0n) is 25.5. The molecule has 1 N–H and O–H groups in total. The summed E-state index contributed by atoms with van der Waals surface area (Å²) < 4.78 is 27.3. The van der Waals surface area contributed by atoms with E-state index >= 15 is 0 Å². The second kappa shape index (κ2) is 15.9. The number of anilines is 1. The number of urea groups is 1. The third-order valence-electron chi connectivity index (χ3n) is 7.36. The van der Waals surface area contributed by atoms with Crippen LogP contribution >= 0.6 is 0 Å². The minimum absolute atomic E-state index is 0.0854. The van der Waals surface area contributed by atoms with Crippen molar-refractivity contribution in [2.75, 3.05) is 79.1 Å². The lowest BCUT2D eigenvalue weighted by molar-refractivity contribution is -0.132. The molecule has 0 atom stereocenters. The van der Waals surface area contributed by atoms with E-state index in [-0.39, 0.29) is 25.0 Å². The molecule has 1 aliphatic heterocycles. The Morgan fingerprint density at radius 2 is 1.63 bits per heavy atom. The summed E-state index contributed by atoms with van der Waals surface area (Å²) in [4.78, 5) is 32.9. The molecular weight excluding hydrogens is 552 g/mol. The molecule has 3 amide bonds. The van der Waals surface area contributed by atoms with Gasteiger partial charge in [-0.25, -0.2) is 4.79 Å². The van der Waals surface area contributed by atoms with Gasteiger partial charge in [0, 0.05) is 38.4 Å². The predicted molar refractivity (Wildman–Crippen MR) is 163 cm³/mol. The summed E-state index contributed by atoms with van der Waals surface area (Å²) in [7, 11) is 4.78. The van der Waals surface area contributed by atoms with Gasteiger partial charge in [0.1, 0.15) is 23.8 Å². The number of aryl methyl sites for hydroxylation is 1. The molecule has 11 heteroatoms. The highest BCUT2D eigenvalue weighted by atomic mass is 16.5. The number of carbonyl (C=O) groups excluding carboxylic acids is 2. The molecule has 0 saturated carbocycles. The number of nitrogens with zero attached hydrogens (tertiary/aromatic N) is 3. The second-order valence-corrected chi connectivity index (χ2v) is 10.3. The van der Waals surface area contributed by atoms with Crippen LogP contribution in [0.5, 0.6) is 17.2 Å². The van der Waals surface area contributed by atoms with Gasteiger partial charge in [-0.1, -0.05) is 6.07 Å². The van der Waals surface area contributed by atoms with Crippen LogP contribution in [0.15, 0.2) is 59.0 Å². The molecule has 0 spiro atoms. The molecule has 1 saturated heterocycles. The Balaban J connectivity index is 1.49. The lowest BCUT2D eigenvalue weighted by Gasteiger charge is -2.31. The molecule has 0 unspecified atom stereocenters. The van der Waals surface area contributed by atoms with Crippen molar-refractivity contribution < 1.29 is 33.0 Å². The minimum Gasteiger partial charge on any atom is -0.497 e. The van der Waals surface area contributed by atoms with Gasteiger partial charge < -0.3 is 38.5 Å². The van der Waals surface area contributed by atoms with Gasteiger partial charge in [-0.15, -0.1) is 0 Å². The lowest BCUT2D eigenvalue weighted by Crippen LogP contribution is -2.48. The van der Waals surface area contributed by atoms with Crippen LogP contribution in [-0.4, -0.2) is 100 Å². The van der Waals surface area contributed by atoms with Crippen LogP contribution in [0.3, 0.4) is 0 Å². The zero-order chi connectivity index (χ0) is 30.6. The second-order valence-electron chi connectivity index (χ2n) is 10.3. The summed E-state index contributed by atoms with van der Waals surface area (Å²) in [6.45, 7) is 6.41. The van der Waals surface area contributed by atoms with E-state index in [1.54, 1.807) is 55.4 Å². The van der Waals surface area contributed by atoms with Gasteiger partial charge in [0.2, 0.25) is 5.91 Å². The number of rotatable bonds is 14. The molecule has 0 bridgehead atoms. The molecule has 43 heavy (non-hydrogen) atoms. The predicted octanol–water partition coefficient (Wildman–Crippen LogP) is 4.05. The van der Waals surface area contributed by atoms with E-state index in [0.717, 1.165) is 24.4 Å². The zero-order valence-corrected chi connectivity index (χ0v) is 25.5. The van der Waals surface area contributed by atoms with Crippen LogP contribution in [-0.2, 0) is 22.5 Å². The van der Waals surface area contributed by atoms with Gasteiger partial charge in [-0.3, -0.25) is 9.69 Å². The van der Waals surface area contributed by atoms with E-state index in [1.165, 1.54) is 0 Å². The highest BCUT2D eigenvalue weighted by Crippen LogP contribution is 2.28. The van der Waals surface area contributed by atoms with Crippen LogP contribution in [0.4, 0.5) is 10.5 Å². The van der Waals surface area contributed by atoms with Crippen LogP contribution in [0.2, 0.25) is 0 Å². The van der Waals surface area contributed by atoms with E-state index in [4.69, 9.17) is 23.4 Å². The van der Waals surface area contributed by atoms with Crippen molar-refractivity contribution in [2.24, 2.45) is 0 Å². The first-order valence-electron chi connectivity index (χ1n) is 14.4. The fourth-order valence-electron chi connectivity index (χ4n) is 4.83. The number of ether oxygens (including phenoxy) is 4. The third kappa shape index (κ3) is 9.39. The maximum absolute atomic E-state index is 13.9. The molecule has 0 radical (unpaired) electrons. The Bertz CT molecular complexity index is 1320. The number of furan rings is 1. The first-order valence-corrected chi connectivity index (χ1v) is 14.4. The summed E-state index contributed by atoms with van der Waals surface area (Å²) in [5.41, 5.74) is 1.61. The highest BCUT2D eigenvalue weighted by Gasteiger charge is 2.24. The highest BCUT2D eigenvalue weighted by molar-refractivity contribution is 5.92. The number of benzene rings is 2. The van der Waals surface area contributed by atoms with Crippen molar-refractivity contribution in [1.82, 2.24) is 14.7 Å². The normalized spacial score (nSPS) is 13.3. The molecule has 3 aromatic rings. The van der Waals surface area contributed by atoms with Crippen molar-refractivity contribution in [3.05, 3.63) is 71.7 Å². The first kappa shape index (κ1) is 31.7. The SMILES string of the molecule is COc1ccc(NC(=O)N(CCN2CCOCC2)CC(=O)N(CCc2ccc(OC)c(OC)c2)Cc2ccc(C)o2)cc1. The molecule has 2 heterocycles. The van der Waals surface area contributed by atoms with Crippen molar-refractivity contribution in [2.45, 2.75) is 19.9 Å². The Morgan fingerprint density at radius 3 is 2.28 bits per heavy atom. The number of nitrogens with one attached hydrogen (secondary N) is 1. The average Bonchev–Trinajstić information content (AvgIpc) is 3.45. The number of amides is 3. The Kier molecular flexibility index (Phi) is 11.7. The number of methoxy groups -OCH3 is 3. The summed E-state index contributed by atoms with van der Waals surface area (Å²) in [6, 6.07) is 16.2.